The minimum absolute atomic E-state index is 0.110. The van der Waals surface area contributed by atoms with E-state index in [0.717, 1.165) is 26.4 Å². The lowest BCUT2D eigenvalue weighted by Gasteiger charge is -2.12. The Morgan fingerprint density at radius 1 is 1.09 bits per heavy atom. The normalized spacial score (nSPS) is 14.6. The largest absolute Gasteiger partial charge is 0.497 e. The number of hydrogen-bond donors (Lipinski definition) is 2. The van der Waals surface area contributed by atoms with Crippen LogP contribution in [-0.4, -0.2) is 41.0 Å². The predicted molar refractivity (Wildman–Crippen MR) is 123 cm³/mol. The van der Waals surface area contributed by atoms with Crippen molar-refractivity contribution < 1.29 is 19.1 Å². The lowest BCUT2D eigenvalue weighted by Crippen LogP contribution is -2.38. The average Bonchev–Trinajstić information content (AvgIpc) is 3.36. The number of carbonyl (C=O) groups excluding carboxylic acids is 3. The van der Waals surface area contributed by atoms with E-state index in [-0.39, 0.29) is 12.2 Å². The quantitative estimate of drug-likeness (QED) is 0.402. The second-order valence-corrected chi connectivity index (χ2v) is 7.90. The first kappa shape index (κ1) is 21.4. The molecule has 32 heavy (non-hydrogen) atoms. The van der Waals surface area contributed by atoms with E-state index in [1.54, 1.807) is 37.5 Å². The van der Waals surface area contributed by atoms with E-state index >= 15 is 0 Å². The number of hydrogen-bond acceptors (Lipinski definition) is 4. The van der Waals surface area contributed by atoms with Gasteiger partial charge in [-0.2, -0.15) is 0 Å². The van der Waals surface area contributed by atoms with Gasteiger partial charge in [0.15, 0.2) is 0 Å². The first-order valence-electron chi connectivity index (χ1n) is 9.65. The maximum atomic E-state index is 12.7. The van der Waals surface area contributed by atoms with Crippen LogP contribution in [0.3, 0.4) is 0 Å². The highest BCUT2D eigenvalue weighted by Crippen LogP contribution is 2.19. The lowest BCUT2D eigenvalue weighted by molar-refractivity contribution is -0.127. The zero-order valence-electron chi connectivity index (χ0n) is 17.0. The zero-order chi connectivity index (χ0) is 22.7. The maximum Gasteiger partial charge on any atom is 0.329 e. The second-order valence-electron chi connectivity index (χ2n) is 6.98. The molecule has 2 heterocycles. The van der Waals surface area contributed by atoms with Crippen LogP contribution in [0.25, 0.3) is 11.8 Å². The second kappa shape index (κ2) is 9.11. The molecule has 4 rings (SSSR count). The van der Waals surface area contributed by atoms with E-state index in [2.05, 4.69) is 26.6 Å². The molecule has 8 nitrogen and oxygen atoms in total. The minimum atomic E-state index is -0.637. The molecule has 1 aromatic heterocycles. The van der Waals surface area contributed by atoms with Crippen molar-refractivity contribution in [3.8, 4) is 11.4 Å². The van der Waals surface area contributed by atoms with E-state index < -0.39 is 17.8 Å². The van der Waals surface area contributed by atoms with Gasteiger partial charge in [-0.05, 0) is 66.2 Å². The smallest absolute Gasteiger partial charge is 0.329 e. The fourth-order valence-corrected chi connectivity index (χ4v) is 3.44. The third-order valence-electron chi connectivity index (χ3n) is 4.79. The van der Waals surface area contributed by atoms with Crippen LogP contribution in [0.4, 0.5) is 10.5 Å². The average molecular weight is 495 g/mol. The molecular formula is C23H19BrN4O4. The van der Waals surface area contributed by atoms with Gasteiger partial charge in [-0.15, -0.1) is 0 Å². The van der Waals surface area contributed by atoms with Crippen molar-refractivity contribution in [2.45, 2.75) is 0 Å². The van der Waals surface area contributed by atoms with Crippen molar-refractivity contribution in [3.63, 3.8) is 0 Å². The molecule has 1 aliphatic rings. The molecule has 0 aliphatic carbocycles. The van der Waals surface area contributed by atoms with Gasteiger partial charge in [0.25, 0.3) is 5.91 Å². The molecule has 1 fully saturated rings. The molecule has 0 atom stereocenters. The third-order valence-corrected chi connectivity index (χ3v) is 5.32. The Labute approximate surface area is 192 Å². The minimum Gasteiger partial charge on any atom is -0.497 e. The summed E-state index contributed by atoms with van der Waals surface area (Å²) >= 11 is 3.32. The SMILES string of the molecule is COc1ccc(-n2ccc(/C=C3/NC(=O)N(CC(=O)Nc4ccc(Br)cc4)C3=O)c2)cc1. The molecule has 162 valence electrons. The summed E-state index contributed by atoms with van der Waals surface area (Å²) in [5.74, 6) is -0.271. The number of urea groups is 1. The summed E-state index contributed by atoms with van der Waals surface area (Å²) in [6, 6.07) is 15.7. The summed E-state index contributed by atoms with van der Waals surface area (Å²) < 4.78 is 7.93. The van der Waals surface area contributed by atoms with Crippen LogP contribution in [0, 0.1) is 0 Å². The molecule has 3 aromatic rings. The molecule has 4 amide bonds. The molecule has 0 saturated carbocycles. The fraction of sp³-hybridized carbons (Fsp3) is 0.0870. The summed E-state index contributed by atoms with van der Waals surface area (Å²) in [5.41, 5.74) is 2.33. The first-order valence-corrected chi connectivity index (χ1v) is 10.4. The van der Waals surface area contributed by atoms with Gasteiger partial charge in [-0.1, -0.05) is 15.9 Å². The van der Waals surface area contributed by atoms with Crippen molar-refractivity contribution >= 4 is 45.5 Å². The Morgan fingerprint density at radius 3 is 2.50 bits per heavy atom. The Hall–Kier alpha value is -3.85. The number of anilines is 1. The van der Waals surface area contributed by atoms with E-state index in [4.69, 9.17) is 4.74 Å². The van der Waals surface area contributed by atoms with Gasteiger partial charge in [0, 0.05) is 28.2 Å². The number of halogens is 1. The van der Waals surface area contributed by atoms with Crippen LogP contribution in [0.5, 0.6) is 5.75 Å². The van der Waals surface area contributed by atoms with Crippen molar-refractivity contribution in [2.24, 2.45) is 0 Å². The predicted octanol–water partition coefficient (Wildman–Crippen LogP) is 3.78. The number of rotatable bonds is 6. The number of methoxy groups -OCH3 is 1. The van der Waals surface area contributed by atoms with Crippen LogP contribution >= 0.6 is 15.9 Å². The van der Waals surface area contributed by atoms with E-state index in [1.165, 1.54) is 0 Å². The molecule has 0 radical (unpaired) electrons. The number of nitrogens with zero attached hydrogens (tertiary/aromatic N) is 2. The van der Waals surface area contributed by atoms with Crippen LogP contribution in [0.1, 0.15) is 5.56 Å². The van der Waals surface area contributed by atoms with E-state index in [0.29, 0.717) is 5.69 Å². The molecule has 0 unspecified atom stereocenters. The Morgan fingerprint density at radius 2 is 1.81 bits per heavy atom. The standard InChI is InChI=1S/C23H19BrN4O4/c1-32-19-8-6-18(7-9-19)27-11-10-15(13-27)12-20-22(30)28(23(31)26-20)14-21(29)25-17-4-2-16(24)3-5-17/h2-13H,14H2,1H3,(H,25,29)(H,26,31)/b20-12+. The van der Waals surface area contributed by atoms with Gasteiger partial charge in [0.2, 0.25) is 5.91 Å². The summed E-state index contributed by atoms with van der Waals surface area (Å²) in [5, 5.41) is 5.20. The van der Waals surface area contributed by atoms with Crippen LogP contribution in [0.2, 0.25) is 0 Å². The summed E-state index contributed by atoms with van der Waals surface area (Å²) in [6.45, 7) is -0.384. The molecule has 0 spiro atoms. The Balaban J connectivity index is 1.43. The topological polar surface area (TPSA) is 92.7 Å². The van der Waals surface area contributed by atoms with Gasteiger partial charge in [-0.3, -0.25) is 9.59 Å². The van der Waals surface area contributed by atoms with Crippen molar-refractivity contribution in [1.29, 1.82) is 0 Å². The van der Waals surface area contributed by atoms with Gasteiger partial charge in [0.1, 0.15) is 18.0 Å². The van der Waals surface area contributed by atoms with Crippen LogP contribution < -0.4 is 15.4 Å². The Kier molecular flexibility index (Phi) is 6.09. The molecule has 1 aliphatic heterocycles. The maximum absolute atomic E-state index is 12.7. The Bertz CT molecular complexity index is 1200. The third kappa shape index (κ3) is 4.73. The highest BCUT2D eigenvalue weighted by molar-refractivity contribution is 9.10. The highest BCUT2D eigenvalue weighted by Gasteiger charge is 2.34. The van der Waals surface area contributed by atoms with Crippen molar-refractivity contribution in [3.05, 3.63) is 82.7 Å². The monoisotopic (exact) mass is 494 g/mol. The van der Waals surface area contributed by atoms with Crippen molar-refractivity contribution in [2.75, 3.05) is 19.0 Å². The van der Waals surface area contributed by atoms with Gasteiger partial charge in [0.05, 0.1) is 7.11 Å². The number of imide groups is 1. The van der Waals surface area contributed by atoms with Crippen LogP contribution in [-0.2, 0) is 9.59 Å². The lowest BCUT2D eigenvalue weighted by atomic mass is 10.2. The first-order chi connectivity index (χ1) is 15.4. The number of benzene rings is 2. The number of carbonyl (C=O) groups is 3. The summed E-state index contributed by atoms with van der Waals surface area (Å²) in [7, 11) is 1.61. The molecule has 1 saturated heterocycles. The number of aromatic nitrogens is 1. The number of ether oxygens (including phenoxy) is 1. The zero-order valence-corrected chi connectivity index (χ0v) is 18.6. The molecule has 2 aromatic carbocycles. The van der Waals surface area contributed by atoms with Gasteiger partial charge in [-0.25, -0.2) is 9.69 Å². The number of amides is 4. The highest BCUT2D eigenvalue weighted by atomic mass is 79.9. The molecule has 0 bridgehead atoms. The van der Waals surface area contributed by atoms with Gasteiger partial charge < -0.3 is 19.9 Å². The van der Waals surface area contributed by atoms with Crippen molar-refractivity contribution in [1.82, 2.24) is 14.8 Å². The molecule has 2 N–H and O–H groups in total. The van der Waals surface area contributed by atoms with E-state index in [1.807, 2.05) is 47.3 Å². The van der Waals surface area contributed by atoms with Crippen LogP contribution in [0.15, 0.2) is 77.2 Å². The molecular weight excluding hydrogens is 476 g/mol. The fourth-order valence-electron chi connectivity index (χ4n) is 3.17. The summed E-state index contributed by atoms with van der Waals surface area (Å²) in [6.07, 6.45) is 5.25. The van der Waals surface area contributed by atoms with E-state index in [9.17, 15) is 14.4 Å². The number of nitrogens with one attached hydrogen (secondary N) is 2. The summed E-state index contributed by atoms with van der Waals surface area (Å²) in [4.78, 5) is 38.1. The molecule has 9 heteroatoms. The van der Waals surface area contributed by atoms with Gasteiger partial charge >= 0.3 is 6.03 Å².